The number of fused-ring (bicyclic) bond motifs is 2. The Balaban J connectivity index is 1.25. The molecule has 0 radical (unpaired) electrons. The third kappa shape index (κ3) is 6.30. The van der Waals surface area contributed by atoms with Crippen LogP contribution in [0, 0.1) is 5.92 Å². The molecule has 1 fully saturated rings. The lowest BCUT2D eigenvalue weighted by Crippen LogP contribution is -2.29. The number of hydrogen-bond donors (Lipinski definition) is 1. The van der Waals surface area contributed by atoms with Crippen molar-refractivity contribution in [3.05, 3.63) is 113 Å². The van der Waals surface area contributed by atoms with E-state index in [1.807, 2.05) is 55.5 Å². The van der Waals surface area contributed by atoms with Gasteiger partial charge in [0, 0.05) is 17.7 Å². The first-order chi connectivity index (χ1) is 23.3. The lowest BCUT2D eigenvalue weighted by Gasteiger charge is -2.23. The normalized spacial score (nSPS) is 18.5. The number of ether oxygens (including phenoxy) is 2. The highest BCUT2D eigenvalue weighted by Gasteiger charge is 2.48. The van der Waals surface area contributed by atoms with E-state index in [9.17, 15) is 14.7 Å². The molecule has 1 amide bonds. The van der Waals surface area contributed by atoms with Crippen LogP contribution in [0.3, 0.4) is 0 Å². The van der Waals surface area contributed by atoms with Crippen LogP contribution in [-0.4, -0.2) is 39.7 Å². The van der Waals surface area contributed by atoms with Gasteiger partial charge in [-0.25, -0.2) is 0 Å². The van der Waals surface area contributed by atoms with Crippen molar-refractivity contribution in [2.75, 3.05) is 11.5 Å². The smallest absolute Gasteiger partial charge is 0.301 e. The van der Waals surface area contributed by atoms with Crippen LogP contribution < -0.4 is 14.4 Å². The zero-order valence-electron chi connectivity index (χ0n) is 26.9. The van der Waals surface area contributed by atoms with Crippen LogP contribution in [-0.2, 0) is 21.8 Å². The van der Waals surface area contributed by atoms with Gasteiger partial charge in [0.1, 0.15) is 23.4 Å². The lowest BCUT2D eigenvalue weighted by molar-refractivity contribution is -0.132. The van der Waals surface area contributed by atoms with E-state index in [1.54, 1.807) is 12.1 Å². The predicted molar refractivity (Wildman–Crippen MR) is 190 cm³/mol. The average molecular weight is 678 g/mol. The number of thioether (sulfide) groups is 1. The molecule has 5 aromatic rings. The van der Waals surface area contributed by atoms with E-state index >= 15 is 0 Å². The Morgan fingerprint density at radius 3 is 2.71 bits per heavy atom. The molecule has 4 aromatic carbocycles. The monoisotopic (exact) mass is 677 g/mol. The maximum absolute atomic E-state index is 13.8. The second-order valence-corrected chi connectivity index (χ2v) is 14.7. The highest BCUT2D eigenvalue weighted by atomic mass is 32.2. The molecule has 7 rings (SSSR count). The molecule has 2 unspecified atom stereocenters. The molecular formula is C38H35N3O5S2. The van der Waals surface area contributed by atoms with Gasteiger partial charge in [-0.15, -0.1) is 10.2 Å². The molecule has 0 aliphatic carbocycles. The number of carbonyl (C=O) groups excluding carboxylic acids is 2. The number of hydrogen-bond acceptors (Lipinski definition) is 9. The topological polar surface area (TPSA) is 102 Å². The van der Waals surface area contributed by atoms with Crippen molar-refractivity contribution in [2.45, 2.75) is 55.9 Å². The van der Waals surface area contributed by atoms with Gasteiger partial charge in [0.25, 0.3) is 5.78 Å². The second kappa shape index (κ2) is 13.4. The summed E-state index contributed by atoms with van der Waals surface area (Å²) in [6.07, 6.45) is 1.59. The number of nitrogens with zero attached hydrogens (tertiary/aromatic N) is 3. The Hall–Kier alpha value is -4.67. The fourth-order valence-electron chi connectivity index (χ4n) is 6.17. The molecule has 1 N–H and O–H groups in total. The number of carbonyl (C=O) groups is 2. The molecule has 48 heavy (non-hydrogen) atoms. The molecule has 0 spiro atoms. The van der Waals surface area contributed by atoms with Gasteiger partial charge < -0.3 is 14.6 Å². The molecule has 2 aliphatic rings. The summed E-state index contributed by atoms with van der Waals surface area (Å²) in [6, 6.07) is 26.2. The van der Waals surface area contributed by atoms with Crippen LogP contribution in [0.2, 0.25) is 0 Å². The Bertz CT molecular complexity index is 2050. The Morgan fingerprint density at radius 1 is 1.04 bits per heavy atom. The SMILES string of the molecule is CC(C)CCOc1cccc(C2C(=C(O)c3ccc4c(c3)CC(C)O4)C(=O)C(=O)N2c2nnc(SCc3cccc4ccccc34)s2)c1. The first-order valence-electron chi connectivity index (χ1n) is 16.0. The number of aromatic nitrogens is 2. The third-order valence-electron chi connectivity index (χ3n) is 8.58. The first-order valence-corrected chi connectivity index (χ1v) is 17.8. The minimum atomic E-state index is -0.939. The number of ketones is 1. The van der Waals surface area contributed by atoms with Gasteiger partial charge in [-0.1, -0.05) is 91.5 Å². The molecule has 1 aromatic heterocycles. The molecular weight excluding hydrogens is 643 g/mol. The highest BCUT2D eigenvalue weighted by molar-refractivity contribution is 8.00. The molecule has 2 aliphatic heterocycles. The Labute approximate surface area is 287 Å². The summed E-state index contributed by atoms with van der Waals surface area (Å²) in [5, 5.41) is 23.2. The van der Waals surface area contributed by atoms with Crippen molar-refractivity contribution in [1.82, 2.24) is 10.2 Å². The summed E-state index contributed by atoms with van der Waals surface area (Å²) in [5.74, 6) is 0.710. The van der Waals surface area contributed by atoms with E-state index in [2.05, 4.69) is 48.3 Å². The number of aliphatic hydroxyl groups is 1. The second-order valence-electron chi connectivity index (χ2n) is 12.5. The van der Waals surface area contributed by atoms with Crippen LogP contribution in [0.25, 0.3) is 16.5 Å². The van der Waals surface area contributed by atoms with Crippen LogP contribution >= 0.6 is 23.1 Å². The van der Waals surface area contributed by atoms with E-state index in [-0.39, 0.29) is 22.6 Å². The Kier molecular flexibility index (Phi) is 8.94. The summed E-state index contributed by atoms with van der Waals surface area (Å²) in [5.41, 5.74) is 3.17. The van der Waals surface area contributed by atoms with E-state index < -0.39 is 17.7 Å². The average Bonchev–Trinajstić information content (AvgIpc) is 3.78. The van der Waals surface area contributed by atoms with E-state index in [4.69, 9.17) is 9.47 Å². The van der Waals surface area contributed by atoms with Crippen molar-refractivity contribution >= 4 is 56.5 Å². The van der Waals surface area contributed by atoms with Crippen molar-refractivity contribution in [2.24, 2.45) is 5.92 Å². The van der Waals surface area contributed by atoms with Crippen LogP contribution in [0.15, 0.2) is 94.8 Å². The number of amides is 1. The van der Waals surface area contributed by atoms with Crippen molar-refractivity contribution < 1.29 is 24.2 Å². The van der Waals surface area contributed by atoms with Crippen LogP contribution in [0.4, 0.5) is 5.13 Å². The zero-order valence-corrected chi connectivity index (χ0v) is 28.5. The Morgan fingerprint density at radius 2 is 1.85 bits per heavy atom. The van der Waals surface area contributed by atoms with Gasteiger partial charge in [0.15, 0.2) is 4.34 Å². The molecule has 1 saturated heterocycles. The van der Waals surface area contributed by atoms with E-state index in [0.29, 0.717) is 45.9 Å². The highest BCUT2D eigenvalue weighted by Crippen LogP contribution is 2.45. The van der Waals surface area contributed by atoms with Gasteiger partial charge in [0.2, 0.25) is 5.13 Å². The number of aliphatic hydroxyl groups excluding tert-OH is 1. The van der Waals surface area contributed by atoms with Crippen molar-refractivity contribution in [3.63, 3.8) is 0 Å². The molecule has 8 nitrogen and oxygen atoms in total. The van der Waals surface area contributed by atoms with Gasteiger partial charge >= 0.3 is 5.91 Å². The maximum atomic E-state index is 13.8. The van der Waals surface area contributed by atoms with Crippen LogP contribution in [0.1, 0.15) is 55.5 Å². The minimum Gasteiger partial charge on any atom is -0.507 e. The van der Waals surface area contributed by atoms with Gasteiger partial charge in [0.05, 0.1) is 18.2 Å². The number of rotatable bonds is 10. The number of benzene rings is 4. The van der Waals surface area contributed by atoms with Crippen molar-refractivity contribution in [1.29, 1.82) is 0 Å². The van der Waals surface area contributed by atoms with Crippen LogP contribution in [0.5, 0.6) is 11.5 Å². The largest absolute Gasteiger partial charge is 0.507 e. The quantitative estimate of drug-likeness (QED) is 0.0518. The zero-order chi connectivity index (χ0) is 33.4. The minimum absolute atomic E-state index is 0.00796. The standard InChI is InChI=1S/C38H35N3O5S2/c1-22(2)16-17-45-29-12-7-10-25(20-29)33-32(34(42)26-14-15-31-28(19-26)18-23(3)46-31)35(43)36(44)41(33)37-39-40-38(48-37)47-21-27-11-6-9-24-8-4-5-13-30(24)27/h4-15,19-20,22-23,33,42H,16-18,21H2,1-3H3. The molecule has 2 atom stereocenters. The summed E-state index contributed by atoms with van der Waals surface area (Å²) in [6.45, 7) is 6.79. The summed E-state index contributed by atoms with van der Waals surface area (Å²) < 4.78 is 12.6. The fraction of sp³-hybridized carbons (Fsp3) is 0.263. The molecule has 0 bridgehead atoms. The van der Waals surface area contributed by atoms with Gasteiger partial charge in [-0.3, -0.25) is 14.5 Å². The summed E-state index contributed by atoms with van der Waals surface area (Å²) >= 11 is 2.77. The van der Waals surface area contributed by atoms with E-state index in [1.165, 1.54) is 38.9 Å². The molecule has 10 heteroatoms. The summed E-state index contributed by atoms with van der Waals surface area (Å²) in [7, 11) is 0. The first kappa shape index (κ1) is 31.9. The van der Waals surface area contributed by atoms with Gasteiger partial charge in [-0.2, -0.15) is 0 Å². The fourth-order valence-corrected chi connectivity index (χ4v) is 8.04. The lowest BCUT2D eigenvalue weighted by atomic mass is 9.94. The number of anilines is 1. The van der Waals surface area contributed by atoms with E-state index in [0.717, 1.165) is 23.1 Å². The predicted octanol–water partition coefficient (Wildman–Crippen LogP) is 8.36. The third-order valence-corrected chi connectivity index (χ3v) is 10.7. The number of Topliss-reactive ketones (excluding diaryl/α,β-unsaturated/α-hetero) is 1. The van der Waals surface area contributed by atoms with Gasteiger partial charge in [-0.05, 0) is 77.1 Å². The molecule has 0 saturated carbocycles. The maximum Gasteiger partial charge on any atom is 0.301 e. The molecule has 3 heterocycles. The van der Waals surface area contributed by atoms with Crippen molar-refractivity contribution in [3.8, 4) is 11.5 Å². The summed E-state index contributed by atoms with van der Waals surface area (Å²) in [4.78, 5) is 29.0. The molecule has 244 valence electrons.